The number of aromatic hydroxyl groups is 1. The van der Waals surface area contributed by atoms with Crippen LogP contribution in [0.15, 0.2) is 24.4 Å². The van der Waals surface area contributed by atoms with Crippen molar-refractivity contribution in [1.82, 2.24) is 4.98 Å². The fraction of sp³-hybridized carbons (Fsp3) is 0.200. The van der Waals surface area contributed by atoms with Gasteiger partial charge < -0.3 is 15.8 Å². The first-order valence-electron chi connectivity index (χ1n) is 4.24. The van der Waals surface area contributed by atoms with Crippen molar-refractivity contribution in [3.8, 4) is 5.75 Å². The molecule has 0 aliphatic heterocycles. The van der Waals surface area contributed by atoms with Gasteiger partial charge in [0.2, 0.25) is 0 Å². The number of phenolic OH excluding ortho intramolecular Hbond substituents is 1. The first-order valence-corrected chi connectivity index (χ1v) is 4.24. The Bertz CT molecular complexity index is 431. The van der Waals surface area contributed by atoms with Crippen molar-refractivity contribution in [2.75, 3.05) is 0 Å². The van der Waals surface area contributed by atoms with Gasteiger partial charge in [-0.25, -0.2) is 0 Å². The lowest BCUT2D eigenvalue weighted by atomic mass is 10.1. The van der Waals surface area contributed by atoms with E-state index < -0.39 is 0 Å². The molecule has 0 bridgehead atoms. The van der Waals surface area contributed by atoms with Gasteiger partial charge in [0.1, 0.15) is 5.75 Å². The summed E-state index contributed by atoms with van der Waals surface area (Å²) in [7, 11) is 0. The fourth-order valence-electron chi connectivity index (χ4n) is 1.50. The minimum Gasteiger partial charge on any atom is -0.507 e. The summed E-state index contributed by atoms with van der Waals surface area (Å²) < 4.78 is 0. The molecule has 0 saturated heterocycles. The smallest absolute Gasteiger partial charge is 0.129 e. The third-order valence-electron chi connectivity index (χ3n) is 2.23. The Kier molecular flexibility index (Phi) is 1.74. The van der Waals surface area contributed by atoms with Gasteiger partial charge in [-0.3, -0.25) is 0 Å². The number of phenols is 1. The lowest BCUT2D eigenvalue weighted by molar-refractivity contribution is 0.470. The molecule has 1 aromatic carbocycles. The number of rotatable bonds is 1. The minimum atomic E-state index is -0.140. The maximum absolute atomic E-state index is 9.81. The van der Waals surface area contributed by atoms with Gasteiger partial charge in [0, 0.05) is 28.7 Å². The van der Waals surface area contributed by atoms with Crippen molar-refractivity contribution in [3.63, 3.8) is 0 Å². The highest BCUT2D eigenvalue weighted by molar-refractivity contribution is 5.86. The van der Waals surface area contributed by atoms with Gasteiger partial charge in [0.15, 0.2) is 0 Å². The summed E-state index contributed by atoms with van der Waals surface area (Å²) in [6, 6.07) is 5.47. The number of hydrogen-bond acceptors (Lipinski definition) is 2. The van der Waals surface area contributed by atoms with Gasteiger partial charge >= 0.3 is 0 Å². The van der Waals surface area contributed by atoms with E-state index in [4.69, 9.17) is 5.73 Å². The Balaban J connectivity index is 2.73. The van der Waals surface area contributed by atoms with Crippen molar-refractivity contribution >= 4 is 10.9 Å². The summed E-state index contributed by atoms with van der Waals surface area (Å²) in [6.45, 7) is 1.85. The Morgan fingerprint density at radius 2 is 2.15 bits per heavy atom. The first-order chi connectivity index (χ1) is 6.20. The molecule has 0 radical (unpaired) electrons. The summed E-state index contributed by atoms with van der Waals surface area (Å²) in [5.74, 6) is 0.286. The molecule has 1 aromatic heterocycles. The summed E-state index contributed by atoms with van der Waals surface area (Å²) in [6.07, 6.45) is 1.80. The molecule has 2 rings (SSSR count). The standard InChI is InChI=1S/C10H12N2O/c1-6(11)7-2-3-9-8(10(7)13)4-5-12-9/h2-6,12-13H,11H2,1H3/t6-/m0/s1. The molecule has 0 saturated carbocycles. The number of hydrogen-bond donors (Lipinski definition) is 3. The molecule has 1 heterocycles. The number of fused-ring (bicyclic) bond motifs is 1. The Hall–Kier alpha value is -1.48. The van der Waals surface area contributed by atoms with Crippen molar-refractivity contribution in [3.05, 3.63) is 30.0 Å². The number of nitrogens with one attached hydrogen (secondary N) is 1. The highest BCUT2D eigenvalue weighted by atomic mass is 16.3. The van der Waals surface area contributed by atoms with Crippen LogP contribution in [0.5, 0.6) is 5.75 Å². The highest BCUT2D eigenvalue weighted by Crippen LogP contribution is 2.30. The molecule has 0 fully saturated rings. The lowest BCUT2D eigenvalue weighted by Crippen LogP contribution is -2.04. The summed E-state index contributed by atoms with van der Waals surface area (Å²) in [4.78, 5) is 3.03. The van der Waals surface area contributed by atoms with E-state index in [9.17, 15) is 5.11 Å². The topological polar surface area (TPSA) is 62.0 Å². The van der Waals surface area contributed by atoms with Gasteiger partial charge in [-0.05, 0) is 19.1 Å². The maximum atomic E-state index is 9.81. The molecule has 0 unspecified atom stereocenters. The molecule has 0 aliphatic carbocycles. The van der Waals surface area contributed by atoms with Gasteiger partial charge in [-0.1, -0.05) is 6.07 Å². The van der Waals surface area contributed by atoms with Crippen LogP contribution in [0.3, 0.4) is 0 Å². The second-order valence-corrected chi connectivity index (χ2v) is 3.23. The monoisotopic (exact) mass is 176 g/mol. The van der Waals surface area contributed by atoms with E-state index in [1.165, 1.54) is 0 Å². The number of nitrogens with two attached hydrogens (primary N) is 1. The van der Waals surface area contributed by atoms with E-state index >= 15 is 0 Å². The van der Waals surface area contributed by atoms with Crippen molar-refractivity contribution in [1.29, 1.82) is 0 Å². The van der Waals surface area contributed by atoms with Crippen LogP contribution in [0.2, 0.25) is 0 Å². The predicted octanol–water partition coefficient (Wildman–Crippen LogP) is 1.89. The van der Waals surface area contributed by atoms with Gasteiger partial charge in [0.05, 0.1) is 0 Å². The fourth-order valence-corrected chi connectivity index (χ4v) is 1.50. The zero-order valence-corrected chi connectivity index (χ0v) is 7.41. The second-order valence-electron chi connectivity index (χ2n) is 3.23. The number of aromatic nitrogens is 1. The number of aromatic amines is 1. The molecular formula is C10H12N2O. The Labute approximate surface area is 76.2 Å². The largest absolute Gasteiger partial charge is 0.507 e. The van der Waals surface area contributed by atoms with E-state index in [0.29, 0.717) is 0 Å². The normalized spacial score (nSPS) is 13.4. The molecule has 2 aromatic rings. The van der Waals surface area contributed by atoms with Crippen molar-refractivity contribution < 1.29 is 5.11 Å². The van der Waals surface area contributed by atoms with Crippen LogP contribution >= 0.6 is 0 Å². The third kappa shape index (κ3) is 1.17. The Morgan fingerprint density at radius 3 is 2.85 bits per heavy atom. The average Bonchev–Trinajstić information content (AvgIpc) is 2.52. The van der Waals surface area contributed by atoms with E-state index in [2.05, 4.69) is 4.98 Å². The van der Waals surface area contributed by atoms with Gasteiger partial charge in [-0.15, -0.1) is 0 Å². The highest BCUT2D eigenvalue weighted by Gasteiger charge is 2.09. The third-order valence-corrected chi connectivity index (χ3v) is 2.23. The van der Waals surface area contributed by atoms with E-state index in [1.54, 1.807) is 6.20 Å². The van der Waals surface area contributed by atoms with Crippen LogP contribution in [0, 0.1) is 0 Å². The average molecular weight is 176 g/mol. The van der Waals surface area contributed by atoms with Crippen LogP contribution in [-0.4, -0.2) is 10.1 Å². The van der Waals surface area contributed by atoms with E-state index in [1.807, 2.05) is 25.1 Å². The minimum absolute atomic E-state index is 0.140. The molecule has 1 atom stereocenters. The zero-order valence-electron chi connectivity index (χ0n) is 7.41. The number of benzene rings is 1. The van der Waals surface area contributed by atoms with Crippen molar-refractivity contribution in [2.24, 2.45) is 5.73 Å². The molecule has 0 spiro atoms. The molecule has 3 nitrogen and oxygen atoms in total. The zero-order chi connectivity index (χ0) is 9.42. The second kappa shape index (κ2) is 2.78. The van der Waals surface area contributed by atoms with Crippen LogP contribution < -0.4 is 5.73 Å². The summed E-state index contributed by atoms with van der Waals surface area (Å²) in [5.41, 5.74) is 7.42. The van der Waals surface area contributed by atoms with Crippen LogP contribution in [0.25, 0.3) is 10.9 Å². The number of H-pyrrole nitrogens is 1. The van der Waals surface area contributed by atoms with Crippen molar-refractivity contribution in [2.45, 2.75) is 13.0 Å². The lowest BCUT2D eigenvalue weighted by Gasteiger charge is -2.08. The summed E-state index contributed by atoms with van der Waals surface area (Å²) >= 11 is 0. The molecule has 0 amide bonds. The van der Waals surface area contributed by atoms with E-state index in [-0.39, 0.29) is 11.8 Å². The van der Waals surface area contributed by atoms with Crippen LogP contribution in [0.1, 0.15) is 18.5 Å². The van der Waals surface area contributed by atoms with Gasteiger partial charge in [-0.2, -0.15) is 0 Å². The Morgan fingerprint density at radius 1 is 1.38 bits per heavy atom. The molecular weight excluding hydrogens is 164 g/mol. The molecule has 13 heavy (non-hydrogen) atoms. The maximum Gasteiger partial charge on any atom is 0.129 e. The van der Waals surface area contributed by atoms with Crippen LogP contribution in [0.4, 0.5) is 0 Å². The molecule has 68 valence electrons. The molecule has 0 aliphatic rings. The van der Waals surface area contributed by atoms with E-state index in [0.717, 1.165) is 16.5 Å². The SMILES string of the molecule is C[C@H](N)c1ccc2[nH]ccc2c1O. The first kappa shape index (κ1) is 8.13. The van der Waals surface area contributed by atoms with Gasteiger partial charge in [0.25, 0.3) is 0 Å². The quantitative estimate of drug-likeness (QED) is 0.621. The van der Waals surface area contributed by atoms with Crippen LogP contribution in [-0.2, 0) is 0 Å². The predicted molar refractivity (Wildman–Crippen MR) is 52.6 cm³/mol. The molecule has 4 N–H and O–H groups in total. The summed E-state index contributed by atoms with van der Waals surface area (Å²) in [5, 5.41) is 10.6. The molecule has 3 heteroatoms.